The van der Waals surface area contributed by atoms with Gasteiger partial charge in [-0.2, -0.15) is 0 Å². The topological polar surface area (TPSA) is 115 Å². The number of aromatic nitrogens is 2. The van der Waals surface area contributed by atoms with Crippen molar-refractivity contribution in [1.29, 1.82) is 0 Å². The highest BCUT2D eigenvalue weighted by atomic mass is 32.2. The molecule has 0 fully saturated rings. The zero-order valence-electron chi connectivity index (χ0n) is 22.8. The molecule has 2 aromatic heterocycles. The smallest absolute Gasteiger partial charge is 0.442 e. The Hall–Kier alpha value is -4.58. The minimum Gasteiger partial charge on any atom is -0.493 e. The number of amides is 1. The van der Waals surface area contributed by atoms with Crippen LogP contribution in [-0.4, -0.2) is 39.7 Å². The molecule has 4 aromatic rings. The summed E-state index contributed by atoms with van der Waals surface area (Å²) < 4.78 is 57.0. The molecule has 3 heterocycles. The first-order valence-corrected chi connectivity index (χ1v) is 15.3. The van der Waals surface area contributed by atoms with Gasteiger partial charge in [-0.25, -0.2) is 27.8 Å². The van der Waals surface area contributed by atoms with Crippen LogP contribution in [0, 0.1) is 11.6 Å². The van der Waals surface area contributed by atoms with Gasteiger partial charge in [0.25, 0.3) is 0 Å². The maximum atomic E-state index is 14.9. The molecule has 0 spiro atoms. The molecular formula is C30H29F2N5O4S. The molecule has 1 aliphatic rings. The van der Waals surface area contributed by atoms with Crippen LogP contribution in [0.2, 0.25) is 0 Å². The molecule has 1 aliphatic heterocycles. The molecule has 0 aliphatic carbocycles. The molecule has 2 aromatic carbocycles. The second-order valence-corrected chi connectivity index (χ2v) is 12.2. The molecule has 0 radical (unpaired) electrons. The summed E-state index contributed by atoms with van der Waals surface area (Å²) in [5.74, 6) is 0.230. The summed E-state index contributed by atoms with van der Waals surface area (Å²) in [6, 6.07) is 18.0. The van der Waals surface area contributed by atoms with Gasteiger partial charge in [-0.3, -0.25) is 0 Å². The highest BCUT2D eigenvalue weighted by Gasteiger charge is 2.16. The molecule has 2 N–H and O–H groups in total. The normalized spacial score (nSPS) is 14.4. The van der Waals surface area contributed by atoms with E-state index in [1.807, 2.05) is 30.3 Å². The van der Waals surface area contributed by atoms with Crippen molar-refractivity contribution in [2.75, 3.05) is 30.0 Å². The van der Waals surface area contributed by atoms with Crippen molar-refractivity contribution in [1.82, 2.24) is 9.97 Å². The van der Waals surface area contributed by atoms with Gasteiger partial charge in [-0.15, -0.1) is 4.36 Å². The van der Waals surface area contributed by atoms with Crippen molar-refractivity contribution < 1.29 is 27.3 Å². The quantitative estimate of drug-likeness (QED) is 0.269. The Morgan fingerprint density at radius 2 is 1.81 bits per heavy atom. The minimum atomic E-state index is -3.01. The van der Waals surface area contributed by atoms with Crippen molar-refractivity contribution >= 4 is 33.3 Å². The van der Waals surface area contributed by atoms with E-state index in [-0.39, 0.29) is 29.5 Å². The Labute approximate surface area is 242 Å². The summed E-state index contributed by atoms with van der Waals surface area (Å²) in [6.45, 7) is 0.870. The van der Waals surface area contributed by atoms with Gasteiger partial charge < -0.3 is 20.1 Å². The first kappa shape index (κ1) is 28.9. The molecule has 1 unspecified atom stereocenters. The van der Waals surface area contributed by atoms with Crippen LogP contribution in [0.4, 0.5) is 31.0 Å². The predicted octanol–water partition coefficient (Wildman–Crippen LogP) is 6.68. The number of carbonyl (C=O) groups excluding carboxylic acids is 1. The van der Waals surface area contributed by atoms with E-state index in [4.69, 9.17) is 9.47 Å². The fourth-order valence-electron chi connectivity index (χ4n) is 4.38. The SMILES string of the molecule is CS(=O)(Cc1cc2nc(c1)Nc1cc(c(F)cn1)-c1ccc(F)cc1OCCCCN2)=NC(=O)OCc1ccccc1. The molecule has 4 bridgehead atoms. The molecule has 1 atom stereocenters. The average molecular weight is 594 g/mol. The summed E-state index contributed by atoms with van der Waals surface area (Å²) in [4.78, 5) is 21.0. The van der Waals surface area contributed by atoms with Gasteiger partial charge in [0, 0.05) is 30.0 Å². The summed E-state index contributed by atoms with van der Waals surface area (Å²) in [5.41, 5.74) is 1.95. The van der Waals surface area contributed by atoms with Gasteiger partial charge in [0.05, 0.1) is 28.3 Å². The Morgan fingerprint density at radius 1 is 1.00 bits per heavy atom. The Morgan fingerprint density at radius 3 is 2.64 bits per heavy atom. The van der Waals surface area contributed by atoms with E-state index in [0.29, 0.717) is 48.8 Å². The van der Waals surface area contributed by atoms with Gasteiger partial charge >= 0.3 is 6.09 Å². The van der Waals surface area contributed by atoms with Crippen molar-refractivity contribution in [3.63, 3.8) is 0 Å². The number of halogens is 2. The van der Waals surface area contributed by atoms with E-state index in [1.54, 1.807) is 12.1 Å². The molecule has 0 saturated carbocycles. The van der Waals surface area contributed by atoms with E-state index >= 15 is 0 Å². The number of nitrogens with zero attached hydrogens (tertiary/aromatic N) is 3. The first-order chi connectivity index (χ1) is 20.2. The number of hydrogen-bond donors (Lipinski definition) is 2. The van der Waals surface area contributed by atoms with Gasteiger partial charge in [0.1, 0.15) is 41.4 Å². The third-order valence-electron chi connectivity index (χ3n) is 6.27. The molecule has 12 heteroatoms. The van der Waals surface area contributed by atoms with Crippen LogP contribution in [0.3, 0.4) is 0 Å². The summed E-state index contributed by atoms with van der Waals surface area (Å²) in [7, 11) is -3.01. The average Bonchev–Trinajstić information content (AvgIpc) is 2.95. The van der Waals surface area contributed by atoms with Crippen LogP contribution >= 0.6 is 0 Å². The van der Waals surface area contributed by atoms with Crippen LogP contribution < -0.4 is 15.4 Å². The molecule has 1 amide bonds. The summed E-state index contributed by atoms with van der Waals surface area (Å²) in [5, 5.41) is 6.31. The predicted molar refractivity (Wildman–Crippen MR) is 157 cm³/mol. The van der Waals surface area contributed by atoms with Crippen molar-refractivity contribution in [2.45, 2.75) is 25.2 Å². The van der Waals surface area contributed by atoms with E-state index in [0.717, 1.165) is 11.8 Å². The van der Waals surface area contributed by atoms with Crippen LogP contribution in [0.25, 0.3) is 11.1 Å². The highest BCUT2D eigenvalue weighted by Crippen LogP contribution is 2.34. The number of rotatable bonds is 4. The number of carbonyl (C=O) groups is 1. The van der Waals surface area contributed by atoms with Gasteiger partial charge in [0.2, 0.25) is 0 Å². The lowest BCUT2D eigenvalue weighted by atomic mass is 10.0. The molecule has 5 rings (SSSR count). The minimum absolute atomic E-state index is 0.0210. The molecule has 42 heavy (non-hydrogen) atoms. The van der Waals surface area contributed by atoms with Crippen molar-refractivity contribution in [2.24, 2.45) is 4.36 Å². The number of benzene rings is 2. The fraction of sp³-hybridized carbons (Fsp3) is 0.233. The monoisotopic (exact) mass is 593 g/mol. The highest BCUT2D eigenvalue weighted by molar-refractivity contribution is 7.92. The molecule has 0 saturated heterocycles. The summed E-state index contributed by atoms with van der Waals surface area (Å²) in [6.07, 6.45) is 2.89. The standard InChI is InChI=1S/C30H29F2N5O4S/c1-42(39,37-30(38)41-18-20-7-3-2-4-8-20)19-21-13-27-33-11-5-6-12-40-26-15-22(31)9-10-23(26)24-16-28(34-17-25(24)32)36-29(14-21)35-27/h2-4,7-10,13-17H,5-6,11-12,18-19H2,1H3,(H2,33,34,35,36). The van der Waals surface area contributed by atoms with Crippen LogP contribution in [0.1, 0.15) is 24.0 Å². The maximum Gasteiger partial charge on any atom is 0.442 e. The number of hydrogen-bond acceptors (Lipinski definition) is 8. The lowest BCUT2D eigenvalue weighted by Crippen LogP contribution is -2.10. The van der Waals surface area contributed by atoms with Gasteiger partial charge in [-0.05, 0) is 54.3 Å². The number of fused-ring (bicyclic) bond motifs is 6. The molecular weight excluding hydrogens is 564 g/mol. The second kappa shape index (κ2) is 12.9. The number of ether oxygens (including phenoxy) is 2. The zero-order chi connectivity index (χ0) is 29.5. The van der Waals surface area contributed by atoms with Crippen LogP contribution in [0.15, 0.2) is 77.3 Å². The third kappa shape index (κ3) is 7.78. The van der Waals surface area contributed by atoms with Gasteiger partial charge in [-0.1, -0.05) is 30.3 Å². The molecule has 218 valence electrons. The van der Waals surface area contributed by atoms with Crippen molar-refractivity contribution in [3.8, 4) is 16.9 Å². The van der Waals surface area contributed by atoms with Crippen LogP contribution in [-0.2, 0) is 26.8 Å². The third-order valence-corrected chi connectivity index (χ3v) is 7.68. The zero-order valence-corrected chi connectivity index (χ0v) is 23.6. The molecule has 9 nitrogen and oxygen atoms in total. The largest absolute Gasteiger partial charge is 0.493 e. The number of pyridine rings is 2. The van der Waals surface area contributed by atoms with Gasteiger partial charge in [0.15, 0.2) is 0 Å². The van der Waals surface area contributed by atoms with E-state index < -0.39 is 27.5 Å². The fourth-order valence-corrected chi connectivity index (χ4v) is 5.60. The van der Waals surface area contributed by atoms with E-state index in [2.05, 4.69) is 25.0 Å². The second-order valence-electron chi connectivity index (χ2n) is 9.78. The number of nitrogens with one attached hydrogen (secondary N) is 2. The van der Waals surface area contributed by atoms with E-state index in [9.17, 15) is 17.8 Å². The number of anilines is 3. The van der Waals surface area contributed by atoms with Crippen LogP contribution in [0.5, 0.6) is 5.75 Å². The summed E-state index contributed by atoms with van der Waals surface area (Å²) >= 11 is 0. The van der Waals surface area contributed by atoms with E-state index in [1.165, 1.54) is 30.5 Å². The Balaban J connectivity index is 1.42. The maximum absolute atomic E-state index is 14.9. The first-order valence-electron chi connectivity index (χ1n) is 13.2. The Kier molecular flexibility index (Phi) is 8.91. The lowest BCUT2D eigenvalue weighted by molar-refractivity contribution is 0.151. The lowest BCUT2D eigenvalue weighted by Gasteiger charge is -2.14. The Bertz CT molecular complexity index is 1710. The van der Waals surface area contributed by atoms with Crippen molar-refractivity contribution in [3.05, 3.63) is 95.7 Å².